The first-order valence-corrected chi connectivity index (χ1v) is 5.77. The van der Waals surface area contributed by atoms with Gasteiger partial charge in [0.1, 0.15) is 6.07 Å². The smallest absolute Gasteiger partial charge is 0.182 e. The molecule has 0 aliphatic heterocycles. The molecule has 2 aromatic rings. The lowest BCUT2D eigenvalue weighted by Gasteiger charge is -2.06. The highest BCUT2D eigenvalue weighted by Gasteiger charge is 2.02. The average Bonchev–Trinajstić information content (AvgIpc) is 2.45. The predicted octanol–water partition coefficient (Wildman–Crippen LogP) is 2.36. The van der Waals surface area contributed by atoms with Crippen molar-refractivity contribution in [2.75, 3.05) is 6.61 Å². The summed E-state index contributed by atoms with van der Waals surface area (Å²) >= 11 is 0. The molecule has 0 fully saturated rings. The van der Waals surface area contributed by atoms with E-state index in [4.69, 9.17) is 10.00 Å². The number of rotatable bonds is 5. The Morgan fingerprint density at radius 2 is 2.00 bits per heavy atom. The topological polar surface area (TPSA) is 58.8 Å². The van der Waals surface area contributed by atoms with Gasteiger partial charge in [0, 0.05) is 18.6 Å². The number of aryl methyl sites for hydroxylation is 1. The molecule has 0 atom stereocenters. The maximum Gasteiger partial charge on any atom is 0.182 e. The first-order chi connectivity index (χ1) is 8.90. The van der Waals surface area contributed by atoms with E-state index in [-0.39, 0.29) is 0 Å². The van der Waals surface area contributed by atoms with Crippen molar-refractivity contribution in [1.29, 1.82) is 5.26 Å². The van der Waals surface area contributed by atoms with Gasteiger partial charge in [-0.1, -0.05) is 0 Å². The zero-order valence-corrected chi connectivity index (χ0v) is 9.91. The summed E-state index contributed by atoms with van der Waals surface area (Å²) in [5.74, 6) is 0.551. The van der Waals surface area contributed by atoms with Crippen LogP contribution in [0, 0.1) is 11.3 Å². The van der Waals surface area contributed by atoms with E-state index in [9.17, 15) is 0 Å². The maximum absolute atomic E-state index is 8.85. The van der Waals surface area contributed by atoms with E-state index in [1.54, 1.807) is 30.7 Å². The Morgan fingerprint density at radius 1 is 1.17 bits per heavy atom. The van der Waals surface area contributed by atoms with E-state index in [0.29, 0.717) is 18.1 Å². The van der Waals surface area contributed by atoms with Crippen LogP contribution < -0.4 is 4.74 Å². The first kappa shape index (κ1) is 12.1. The molecule has 2 rings (SSSR count). The van der Waals surface area contributed by atoms with Gasteiger partial charge in [-0.15, -0.1) is 0 Å². The minimum atomic E-state index is 0.335. The van der Waals surface area contributed by atoms with Gasteiger partial charge in [0.25, 0.3) is 0 Å². The quantitative estimate of drug-likeness (QED) is 0.751. The zero-order valence-electron chi connectivity index (χ0n) is 9.91. The van der Waals surface area contributed by atoms with Gasteiger partial charge in [-0.2, -0.15) is 5.26 Å². The Kier molecular flexibility index (Phi) is 4.26. The van der Waals surface area contributed by atoms with E-state index in [1.807, 2.05) is 18.2 Å². The molecule has 0 N–H and O–H groups in total. The summed E-state index contributed by atoms with van der Waals surface area (Å²) in [4.78, 5) is 7.91. The number of nitriles is 1. The van der Waals surface area contributed by atoms with Crippen molar-refractivity contribution >= 4 is 0 Å². The molecule has 0 amide bonds. The van der Waals surface area contributed by atoms with Crippen LogP contribution in [0.25, 0.3) is 0 Å². The van der Waals surface area contributed by atoms with E-state index < -0.39 is 0 Å². The van der Waals surface area contributed by atoms with Crippen molar-refractivity contribution in [3.05, 3.63) is 54.1 Å². The molecule has 4 nitrogen and oxygen atoms in total. The van der Waals surface area contributed by atoms with Gasteiger partial charge < -0.3 is 4.74 Å². The van der Waals surface area contributed by atoms with Crippen LogP contribution in [0.5, 0.6) is 5.75 Å². The first-order valence-electron chi connectivity index (χ1n) is 5.77. The molecule has 0 aliphatic rings. The Hall–Kier alpha value is -2.41. The molecule has 0 bridgehead atoms. The fraction of sp³-hybridized carbons (Fsp3) is 0.214. The van der Waals surface area contributed by atoms with Gasteiger partial charge in [-0.25, -0.2) is 4.98 Å². The van der Waals surface area contributed by atoms with Crippen LogP contribution in [0.3, 0.4) is 0 Å². The largest absolute Gasteiger partial charge is 0.491 e. The normalized spacial score (nSPS) is 9.72. The fourth-order valence-corrected chi connectivity index (χ4v) is 1.60. The van der Waals surface area contributed by atoms with Crippen molar-refractivity contribution in [3.63, 3.8) is 0 Å². The molecule has 0 aromatic carbocycles. The molecule has 0 saturated carbocycles. The molecule has 90 valence electrons. The average molecular weight is 239 g/mol. The monoisotopic (exact) mass is 239 g/mol. The molecule has 0 saturated heterocycles. The highest BCUT2D eigenvalue weighted by Crippen LogP contribution is 2.14. The van der Waals surface area contributed by atoms with Gasteiger partial charge in [0.15, 0.2) is 11.4 Å². The molecular weight excluding hydrogens is 226 g/mol. The van der Waals surface area contributed by atoms with Crippen LogP contribution in [-0.4, -0.2) is 16.6 Å². The molecule has 2 aromatic heterocycles. The predicted molar refractivity (Wildman–Crippen MR) is 67.0 cm³/mol. The van der Waals surface area contributed by atoms with Crippen molar-refractivity contribution in [2.24, 2.45) is 0 Å². The van der Waals surface area contributed by atoms with Gasteiger partial charge in [-0.3, -0.25) is 4.98 Å². The lowest BCUT2D eigenvalue weighted by molar-refractivity contribution is 0.309. The second kappa shape index (κ2) is 6.36. The third kappa shape index (κ3) is 3.29. The number of pyridine rings is 2. The number of hydrogen-bond acceptors (Lipinski definition) is 4. The van der Waals surface area contributed by atoms with E-state index >= 15 is 0 Å². The van der Waals surface area contributed by atoms with Crippen LogP contribution >= 0.6 is 0 Å². The summed E-state index contributed by atoms with van der Waals surface area (Å²) in [6.45, 7) is 0.572. The van der Waals surface area contributed by atoms with Crippen LogP contribution in [0.2, 0.25) is 0 Å². The Labute approximate surface area is 106 Å². The van der Waals surface area contributed by atoms with Gasteiger partial charge in [0.05, 0.1) is 6.61 Å². The summed E-state index contributed by atoms with van der Waals surface area (Å²) in [7, 11) is 0. The molecule has 4 heteroatoms. The summed E-state index contributed by atoms with van der Waals surface area (Å²) < 4.78 is 5.55. The summed E-state index contributed by atoms with van der Waals surface area (Å²) in [6, 6.07) is 9.52. The fourth-order valence-electron chi connectivity index (χ4n) is 1.60. The molecule has 2 heterocycles. The highest BCUT2D eigenvalue weighted by atomic mass is 16.5. The van der Waals surface area contributed by atoms with Crippen LogP contribution in [0.4, 0.5) is 0 Å². The molecule has 0 spiro atoms. The maximum atomic E-state index is 8.85. The number of nitrogens with zero attached hydrogens (tertiary/aromatic N) is 3. The Balaban J connectivity index is 1.81. The SMILES string of the molecule is N#Cc1ncccc1OCCCc1ccncc1. The van der Waals surface area contributed by atoms with Crippen molar-refractivity contribution in [1.82, 2.24) is 9.97 Å². The van der Waals surface area contributed by atoms with E-state index in [0.717, 1.165) is 12.8 Å². The van der Waals surface area contributed by atoms with Gasteiger partial charge in [0.2, 0.25) is 0 Å². The van der Waals surface area contributed by atoms with Gasteiger partial charge in [-0.05, 0) is 42.7 Å². The van der Waals surface area contributed by atoms with Crippen LogP contribution in [0.15, 0.2) is 42.9 Å². The number of ether oxygens (including phenoxy) is 1. The lowest BCUT2D eigenvalue weighted by atomic mass is 10.1. The second-order valence-corrected chi connectivity index (χ2v) is 3.77. The third-order valence-electron chi connectivity index (χ3n) is 2.49. The zero-order chi connectivity index (χ0) is 12.6. The van der Waals surface area contributed by atoms with E-state index in [1.165, 1.54) is 5.56 Å². The molecule has 0 radical (unpaired) electrons. The number of hydrogen-bond donors (Lipinski definition) is 0. The van der Waals surface area contributed by atoms with Crippen LogP contribution in [0.1, 0.15) is 17.7 Å². The third-order valence-corrected chi connectivity index (χ3v) is 2.49. The van der Waals surface area contributed by atoms with E-state index in [2.05, 4.69) is 9.97 Å². The molecular formula is C14H13N3O. The standard InChI is InChI=1S/C14H13N3O/c15-11-13-14(4-1-7-17-13)18-10-2-3-12-5-8-16-9-6-12/h1,4-9H,2-3,10H2. The Bertz CT molecular complexity index is 534. The van der Waals surface area contributed by atoms with Gasteiger partial charge >= 0.3 is 0 Å². The van der Waals surface area contributed by atoms with Crippen molar-refractivity contribution in [3.8, 4) is 11.8 Å². The summed E-state index contributed by atoms with van der Waals surface area (Å²) in [5.41, 5.74) is 1.57. The highest BCUT2D eigenvalue weighted by molar-refractivity contribution is 5.36. The minimum absolute atomic E-state index is 0.335. The van der Waals surface area contributed by atoms with Crippen molar-refractivity contribution < 1.29 is 4.74 Å². The summed E-state index contributed by atoms with van der Waals surface area (Å²) in [6.07, 6.45) is 6.98. The molecule has 0 aliphatic carbocycles. The summed E-state index contributed by atoms with van der Waals surface area (Å²) in [5, 5.41) is 8.85. The minimum Gasteiger partial charge on any atom is -0.491 e. The number of aromatic nitrogens is 2. The second-order valence-electron chi connectivity index (χ2n) is 3.77. The van der Waals surface area contributed by atoms with Crippen LogP contribution in [-0.2, 0) is 6.42 Å². The lowest BCUT2D eigenvalue weighted by Crippen LogP contribution is -2.01. The Morgan fingerprint density at radius 3 is 2.78 bits per heavy atom. The molecule has 18 heavy (non-hydrogen) atoms. The van der Waals surface area contributed by atoms with Crippen molar-refractivity contribution in [2.45, 2.75) is 12.8 Å². The molecule has 0 unspecified atom stereocenters.